The highest BCUT2D eigenvalue weighted by Gasteiger charge is 2.45. The minimum absolute atomic E-state index is 0.183. The summed E-state index contributed by atoms with van der Waals surface area (Å²) in [4.78, 5) is 0. The largest absolute Gasteiger partial charge is 0.212 e. The Morgan fingerprint density at radius 2 is 1.42 bits per heavy atom. The first-order valence-corrected chi connectivity index (χ1v) is 9.95. The lowest BCUT2D eigenvalue weighted by Gasteiger charge is -2.37. The van der Waals surface area contributed by atoms with E-state index in [9.17, 15) is 0 Å². The van der Waals surface area contributed by atoms with Crippen LogP contribution in [0.2, 0.25) is 0 Å². The van der Waals surface area contributed by atoms with Crippen LogP contribution in [0.1, 0.15) is 104 Å². The second-order valence-electron chi connectivity index (χ2n) is 8.98. The quantitative estimate of drug-likeness (QED) is 0.510. The van der Waals surface area contributed by atoms with Crippen LogP contribution in [-0.4, -0.2) is 16.3 Å². The van der Waals surface area contributed by atoms with E-state index >= 15 is 0 Å². The Balaban J connectivity index is 2.77. The van der Waals surface area contributed by atoms with Crippen molar-refractivity contribution in [1.82, 2.24) is 0 Å². The number of hydrogen-bond acceptors (Lipinski definition) is 0. The molecule has 0 aromatic heterocycles. The number of nitrogens with zero attached hydrogens (tertiary/aromatic N) is 1. The first kappa shape index (κ1) is 19.2. The standard InChI is InChI=1S/C23H38N/c1-9-23(10-2)15-14-22(7,8)24(16-23)21-19(17(3)4)12-11-13-20(21)18(5)6/h11-13,16-18H,9-10,14-15H2,1-8H3/q+1. The Morgan fingerprint density at radius 3 is 1.83 bits per heavy atom. The van der Waals surface area contributed by atoms with Crippen LogP contribution >= 0.6 is 0 Å². The van der Waals surface area contributed by atoms with Crippen LogP contribution in [0.15, 0.2) is 18.2 Å². The maximum Gasteiger partial charge on any atom is 0.212 e. The monoisotopic (exact) mass is 328 g/mol. The minimum Gasteiger partial charge on any atom is -0.197 e. The summed E-state index contributed by atoms with van der Waals surface area (Å²) >= 11 is 0. The average Bonchev–Trinajstić information content (AvgIpc) is 2.54. The first-order valence-electron chi connectivity index (χ1n) is 9.95. The lowest BCUT2D eigenvalue weighted by atomic mass is 9.73. The van der Waals surface area contributed by atoms with Gasteiger partial charge < -0.3 is 0 Å². The van der Waals surface area contributed by atoms with Gasteiger partial charge >= 0.3 is 0 Å². The van der Waals surface area contributed by atoms with Crippen LogP contribution < -0.4 is 0 Å². The third-order valence-electron chi connectivity index (χ3n) is 6.28. The van der Waals surface area contributed by atoms with Crippen molar-refractivity contribution < 1.29 is 4.58 Å². The molecular weight excluding hydrogens is 290 g/mol. The van der Waals surface area contributed by atoms with Gasteiger partial charge in [0.25, 0.3) is 0 Å². The third-order valence-corrected chi connectivity index (χ3v) is 6.28. The summed E-state index contributed by atoms with van der Waals surface area (Å²) in [6.45, 7) is 18.8. The molecule has 0 amide bonds. The van der Waals surface area contributed by atoms with E-state index in [1.165, 1.54) is 42.5 Å². The predicted octanol–water partition coefficient (Wildman–Crippen LogP) is 7.03. The van der Waals surface area contributed by atoms with Gasteiger partial charge in [-0.2, -0.15) is 4.58 Å². The van der Waals surface area contributed by atoms with E-state index in [1.807, 2.05) is 0 Å². The SMILES string of the molecule is CCC1(CC)C=[N+](c2c(C(C)C)cccc2C(C)C)C(C)(C)CC1. The van der Waals surface area contributed by atoms with Gasteiger partial charge in [-0.15, -0.1) is 0 Å². The number of benzene rings is 1. The molecule has 0 unspecified atom stereocenters. The van der Waals surface area contributed by atoms with Gasteiger partial charge in [0.15, 0.2) is 11.8 Å². The fourth-order valence-electron chi connectivity index (χ4n) is 4.13. The van der Waals surface area contributed by atoms with Gasteiger partial charge in [-0.1, -0.05) is 59.7 Å². The van der Waals surface area contributed by atoms with Crippen molar-refractivity contribution in [3.8, 4) is 0 Å². The summed E-state index contributed by atoms with van der Waals surface area (Å²) in [6.07, 6.45) is 7.64. The number of para-hydroxylation sites is 1. The molecule has 0 spiro atoms. The zero-order valence-corrected chi connectivity index (χ0v) is 17.2. The molecule has 0 N–H and O–H groups in total. The summed E-state index contributed by atoms with van der Waals surface area (Å²) in [5.41, 5.74) is 5.01. The van der Waals surface area contributed by atoms with Gasteiger partial charge in [-0.05, 0) is 31.1 Å². The summed E-state index contributed by atoms with van der Waals surface area (Å²) in [5, 5.41) is 0. The van der Waals surface area contributed by atoms with E-state index in [2.05, 4.69) is 84.4 Å². The third kappa shape index (κ3) is 3.46. The highest BCUT2D eigenvalue weighted by molar-refractivity contribution is 5.65. The molecule has 2 rings (SSSR count). The molecule has 1 aromatic rings. The smallest absolute Gasteiger partial charge is 0.197 e. The molecular formula is C23H38N+. The van der Waals surface area contributed by atoms with Crippen LogP contribution in [0.5, 0.6) is 0 Å². The van der Waals surface area contributed by atoms with Gasteiger partial charge in [0.1, 0.15) is 0 Å². The summed E-state index contributed by atoms with van der Waals surface area (Å²) in [5.74, 6) is 1.09. The summed E-state index contributed by atoms with van der Waals surface area (Å²) < 4.78 is 2.66. The minimum atomic E-state index is 0.183. The fraction of sp³-hybridized carbons (Fsp3) is 0.696. The van der Waals surface area contributed by atoms with Crippen molar-refractivity contribution >= 4 is 11.9 Å². The average molecular weight is 329 g/mol. The van der Waals surface area contributed by atoms with E-state index in [4.69, 9.17) is 0 Å². The molecule has 0 saturated carbocycles. The molecule has 0 atom stereocenters. The molecule has 0 bridgehead atoms. The second kappa shape index (κ2) is 7.02. The summed E-state index contributed by atoms with van der Waals surface area (Å²) in [7, 11) is 0. The zero-order chi connectivity index (χ0) is 18.1. The lowest BCUT2D eigenvalue weighted by molar-refractivity contribution is -0.533. The van der Waals surface area contributed by atoms with Crippen molar-refractivity contribution in [2.24, 2.45) is 5.41 Å². The van der Waals surface area contributed by atoms with Crippen LogP contribution in [0, 0.1) is 5.41 Å². The molecule has 0 fully saturated rings. The lowest BCUT2D eigenvalue weighted by Crippen LogP contribution is -2.44. The van der Waals surface area contributed by atoms with Crippen LogP contribution in [-0.2, 0) is 0 Å². The molecule has 1 nitrogen and oxygen atoms in total. The van der Waals surface area contributed by atoms with Crippen LogP contribution in [0.4, 0.5) is 5.69 Å². The van der Waals surface area contributed by atoms with Gasteiger partial charge in [-0.3, -0.25) is 0 Å². The second-order valence-corrected chi connectivity index (χ2v) is 8.98. The maximum atomic E-state index is 2.66. The topological polar surface area (TPSA) is 3.01 Å². The highest BCUT2D eigenvalue weighted by atomic mass is 15.1. The predicted molar refractivity (Wildman–Crippen MR) is 107 cm³/mol. The Kier molecular flexibility index (Phi) is 5.62. The van der Waals surface area contributed by atoms with Crippen molar-refractivity contribution in [2.75, 3.05) is 0 Å². The van der Waals surface area contributed by atoms with Gasteiger partial charge in [0.2, 0.25) is 5.69 Å². The Bertz CT molecular complexity index is 574. The van der Waals surface area contributed by atoms with E-state index < -0.39 is 0 Å². The maximum absolute atomic E-state index is 2.66. The van der Waals surface area contributed by atoms with E-state index in [0.717, 1.165) is 0 Å². The Hall–Kier alpha value is -1.11. The molecule has 1 heterocycles. The molecule has 134 valence electrons. The van der Waals surface area contributed by atoms with E-state index in [0.29, 0.717) is 17.3 Å². The number of rotatable bonds is 5. The molecule has 1 heteroatoms. The van der Waals surface area contributed by atoms with Crippen LogP contribution in [0.25, 0.3) is 0 Å². The number of hydrogen-bond donors (Lipinski definition) is 0. The molecule has 0 radical (unpaired) electrons. The van der Waals surface area contributed by atoms with Gasteiger partial charge in [0, 0.05) is 36.8 Å². The van der Waals surface area contributed by atoms with Crippen molar-refractivity contribution in [1.29, 1.82) is 0 Å². The fourth-order valence-corrected chi connectivity index (χ4v) is 4.13. The van der Waals surface area contributed by atoms with Gasteiger partial charge in [-0.25, -0.2) is 0 Å². The molecule has 24 heavy (non-hydrogen) atoms. The van der Waals surface area contributed by atoms with E-state index in [1.54, 1.807) is 0 Å². The molecule has 0 aliphatic carbocycles. The first-order chi connectivity index (χ1) is 11.2. The van der Waals surface area contributed by atoms with Crippen LogP contribution in [0.3, 0.4) is 0 Å². The summed E-state index contributed by atoms with van der Waals surface area (Å²) in [6, 6.07) is 6.92. The molecule has 1 aliphatic rings. The van der Waals surface area contributed by atoms with E-state index in [-0.39, 0.29) is 5.54 Å². The Labute approximate surface area is 150 Å². The Morgan fingerprint density at radius 1 is 0.917 bits per heavy atom. The van der Waals surface area contributed by atoms with Crippen molar-refractivity contribution in [2.45, 2.75) is 98.4 Å². The zero-order valence-electron chi connectivity index (χ0n) is 17.2. The molecule has 0 saturated heterocycles. The van der Waals surface area contributed by atoms with Crippen molar-refractivity contribution in [3.05, 3.63) is 29.3 Å². The normalized spacial score (nSPS) is 19.7. The highest BCUT2D eigenvalue weighted by Crippen LogP contribution is 2.44. The molecule has 1 aromatic carbocycles. The van der Waals surface area contributed by atoms with Crippen molar-refractivity contribution in [3.63, 3.8) is 0 Å². The van der Waals surface area contributed by atoms with Gasteiger partial charge in [0.05, 0.1) is 0 Å². The molecule has 1 aliphatic heterocycles.